The second-order valence-corrected chi connectivity index (χ2v) is 8.34. The van der Waals surface area contributed by atoms with E-state index in [9.17, 15) is 4.39 Å². The largest absolute Gasteiger partial charge is 0.493 e. The summed E-state index contributed by atoms with van der Waals surface area (Å²) in [5.41, 5.74) is 3.61. The topological polar surface area (TPSA) is 43.3 Å². The van der Waals surface area contributed by atoms with Crippen molar-refractivity contribution in [1.29, 1.82) is 0 Å². The number of methoxy groups -OCH3 is 2. The molecule has 31 heavy (non-hydrogen) atoms. The molecule has 158 valence electrons. The molecular weight excluding hydrogens is 463 g/mol. The average Bonchev–Trinajstić information content (AvgIpc) is 3.24. The summed E-state index contributed by atoms with van der Waals surface area (Å²) < 4.78 is 32.1. The SMILES string of the molecule is COc1ccc(C2=NN3[C@@H](C2)c2cc(Br)ccc2O[C@H]3c2cccc(F)c2)cc1OC. The van der Waals surface area contributed by atoms with Crippen molar-refractivity contribution in [3.63, 3.8) is 0 Å². The maximum atomic E-state index is 14.0. The first-order valence-corrected chi connectivity index (χ1v) is 10.7. The van der Waals surface area contributed by atoms with Gasteiger partial charge in [0.15, 0.2) is 11.5 Å². The quantitative estimate of drug-likeness (QED) is 0.467. The van der Waals surface area contributed by atoms with Crippen LogP contribution in [-0.4, -0.2) is 24.9 Å². The zero-order chi connectivity index (χ0) is 21.5. The van der Waals surface area contributed by atoms with Crippen LogP contribution in [0.1, 0.15) is 35.4 Å². The summed E-state index contributed by atoms with van der Waals surface area (Å²) in [6, 6.07) is 18.2. The first kappa shape index (κ1) is 19.9. The van der Waals surface area contributed by atoms with Gasteiger partial charge in [0.25, 0.3) is 0 Å². The summed E-state index contributed by atoms with van der Waals surface area (Å²) in [5, 5.41) is 6.84. The maximum absolute atomic E-state index is 14.0. The standard InChI is InChI=1S/C24H20BrFN2O3/c1-29-22-8-6-14(11-23(22)30-2)19-13-20-18-12-16(25)7-9-21(18)31-24(28(20)27-19)15-4-3-5-17(26)10-15/h3-12,20,24H,13H2,1-2H3/t20-,24-/m0/s1. The van der Waals surface area contributed by atoms with Crippen LogP contribution < -0.4 is 14.2 Å². The summed E-state index contributed by atoms with van der Waals surface area (Å²) in [7, 11) is 3.23. The number of hydrazone groups is 1. The van der Waals surface area contributed by atoms with Crippen LogP contribution in [-0.2, 0) is 0 Å². The minimum atomic E-state index is -0.521. The molecule has 2 aliphatic heterocycles. The number of nitrogens with zero attached hydrogens (tertiary/aromatic N) is 2. The Hall–Kier alpha value is -3.06. The van der Waals surface area contributed by atoms with Gasteiger partial charge in [-0.05, 0) is 48.5 Å². The number of fused-ring (bicyclic) bond motifs is 3. The highest BCUT2D eigenvalue weighted by Crippen LogP contribution is 2.48. The van der Waals surface area contributed by atoms with E-state index in [4.69, 9.17) is 19.3 Å². The number of benzene rings is 3. The fraction of sp³-hybridized carbons (Fsp3) is 0.208. The third-order valence-corrected chi connectivity index (χ3v) is 6.10. The predicted octanol–water partition coefficient (Wildman–Crippen LogP) is 5.85. The fourth-order valence-electron chi connectivity index (χ4n) is 4.13. The highest BCUT2D eigenvalue weighted by atomic mass is 79.9. The maximum Gasteiger partial charge on any atom is 0.213 e. The Morgan fingerprint density at radius 2 is 1.87 bits per heavy atom. The summed E-state index contributed by atoms with van der Waals surface area (Å²) >= 11 is 3.56. The molecule has 0 spiro atoms. The molecule has 5 rings (SSSR count). The highest BCUT2D eigenvalue weighted by molar-refractivity contribution is 9.10. The van der Waals surface area contributed by atoms with Crippen molar-refractivity contribution in [1.82, 2.24) is 5.01 Å². The molecule has 0 saturated heterocycles. The van der Waals surface area contributed by atoms with E-state index < -0.39 is 6.23 Å². The van der Waals surface area contributed by atoms with Gasteiger partial charge in [-0.3, -0.25) is 0 Å². The minimum Gasteiger partial charge on any atom is -0.493 e. The van der Waals surface area contributed by atoms with Gasteiger partial charge in [0, 0.05) is 27.6 Å². The number of ether oxygens (including phenoxy) is 3. The molecule has 0 fully saturated rings. The van der Waals surface area contributed by atoms with E-state index in [1.807, 2.05) is 41.4 Å². The molecule has 0 aliphatic carbocycles. The number of halogens is 2. The molecule has 0 saturated carbocycles. The Labute approximate surface area is 188 Å². The van der Waals surface area contributed by atoms with E-state index in [-0.39, 0.29) is 11.9 Å². The molecule has 2 atom stereocenters. The Balaban J connectivity index is 1.59. The Morgan fingerprint density at radius 1 is 1.03 bits per heavy atom. The smallest absolute Gasteiger partial charge is 0.213 e. The summed E-state index contributed by atoms with van der Waals surface area (Å²) in [6.45, 7) is 0. The first-order chi connectivity index (χ1) is 15.1. The van der Waals surface area contributed by atoms with Crippen molar-refractivity contribution in [3.05, 3.63) is 87.6 Å². The molecule has 0 N–H and O–H groups in total. The van der Waals surface area contributed by atoms with Gasteiger partial charge < -0.3 is 14.2 Å². The van der Waals surface area contributed by atoms with Gasteiger partial charge in [0.2, 0.25) is 6.23 Å². The van der Waals surface area contributed by atoms with Gasteiger partial charge >= 0.3 is 0 Å². The van der Waals surface area contributed by atoms with E-state index in [0.717, 1.165) is 32.6 Å². The van der Waals surface area contributed by atoms with Crippen molar-refractivity contribution in [2.75, 3.05) is 14.2 Å². The first-order valence-electron chi connectivity index (χ1n) is 9.87. The molecule has 2 aliphatic rings. The number of rotatable bonds is 4. The van der Waals surface area contributed by atoms with Crippen molar-refractivity contribution < 1.29 is 18.6 Å². The molecule has 5 nitrogen and oxygen atoms in total. The van der Waals surface area contributed by atoms with E-state index in [0.29, 0.717) is 17.9 Å². The normalized spacial score (nSPS) is 19.2. The van der Waals surface area contributed by atoms with Gasteiger partial charge in [0.05, 0.1) is 26.0 Å². The third-order valence-electron chi connectivity index (χ3n) is 5.60. The van der Waals surface area contributed by atoms with Gasteiger partial charge in [-0.1, -0.05) is 28.1 Å². The summed E-state index contributed by atoms with van der Waals surface area (Å²) in [5.74, 6) is 1.79. The second kappa shape index (κ2) is 7.89. The molecule has 7 heteroatoms. The van der Waals surface area contributed by atoms with E-state index in [1.165, 1.54) is 12.1 Å². The Morgan fingerprint density at radius 3 is 2.65 bits per heavy atom. The lowest BCUT2D eigenvalue weighted by Gasteiger charge is -2.38. The molecule has 3 aromatic rings. The molecule has 3 aromatic carbocycles. The highest BCUT2D eigenvalue weighted by Gasteiger charge is 2.41. The van der Waals surface area contributed by atoms with Crippen LogP contribution in [0.4, 0.5) is 4.39 Å². The zero-order valence-corrected chi connectivity index (χ0v) is 18.6. The van der Waals surface area contributed by atoms with Crippen LogP contribution >= 0.6 is 15.9 Å². The average molecular weight is 483 g/mol. The molecule has 0 amide bonds. The van der Waals surface area contributed by atoms with Gasteiger partial charge in [0.1, 0.15) is 11.6 Å². The predicted molar refractivity (Wildman–Crippen MR) is 119 cm³/mol. The van der Waals surface area contributed by atoms with Crippen molar-refractivity contribution in [2.24, 2.45) is 5.10 Å². The Bertz CT molecular complexity index is 1180. The molecule has 0 bridgehead atoms. The minimum absolute atomic E-state index is 0.0300. The van der Waals surface area contributed by atoms with Crippen LogP contribution in [0.15, 0.2) is 70.2 Å². The lowest BCUT2D eigenvalue weighted by Crippen LogP contribution is -2.33. The molecule has 0 unspecified atom stereocenters. The van der Waals surface area contributed by atoms with Gasteiger partial charge in [-0.25, -0.2) is 9.40 Å². The lowest BCUT2D eigenvalue weighted by molar-refractivity contribution is -0.0192. The summed E-state index contributed by atoms with van der Waals surface area (Å²) in [4.78, 5) is 0. The van der Waals surface area contributed by atoms with Crippen LogP contribution in [0.3, 0.4) is 0 Å². The van der Waals surface area contributed by atoms with Crippen molar-refractivity contribution in [2.45, 2.75) is 18.7 Å². The number of hydrogen-bond acceptors (Lipinski definition) is 5. The van der Waals surface area contributed by atoms with Crippen LogP contribution in [0.2, 0.25) is 0 Å². The van der Waals surface area contributed by atoms with E-state index >= 15 is 0 Å². The third kappa shape index (κ3) is 3.53. The van der Waals surface area contributed by atoms with Crippen LogP contribution in [0.25, 0.3) is 0 Å². The van der Waals surface area contributed by atoms with Crippen LogP contribution in [0.5, 0.6) is 17.2 Å². The van der Waals surface area contributed by atoms with E-state index in [2.05, 4.69) is 22.0 Å². The number of hydrogen-bond donors (Lipinski definition) is 0. The van der Waals surface area contributed by atoms with Crippen molar-refractivity contribution in [3.8, 4) is 17.2 Å². The molecule has 2 heterocycles. The molecule has 0 radical (unpaired) electrons. The molecular formula is C24H20BrFN2O3. The monoisotopic (exact) mass is 482 g/mol. The fourth-order valence-corrected chi connectivity index (χ4v) is 4.51. The summed E-state index contributed by atoms with van der Waals surface area (Å²) in [6.07, 6.45) is 0.167. The van der Waals surface area contributed by atoms with Gasteiger partial charge in [-0.15, -0.1) is 0 Å². The Kier molecular flexibility index (Phi) is 5.06. The van der Waals surface area contributed by atoms with Gasteiger partial charge in [-0.2, -0.15) is 5.10 Å². The van der Waals surface area contributed by atoms with Crippen LogP contribution in [0, 0.1) is 5.82 Å². The molecule has 0 aromatic heterocycles. The second-order valence-electron chi connectivity index (χ2n) is 7.42. The van der Waals surface area contributed by atoms with Crippen molar-refractivity contribution >= 4 is 21.6 Å². The zero-order valence-electron chi connectivity index (χ0n) is 17.0. The van der Waals surface area contributed by atoms with E-state index in [1.54, 1.807) is 20.3 Å². The lowest BCUT2D eigenvalue weighted by atomic mass is 9.95.